The quantitative estimate of drug-likeness (QED) is 0.657. The van der Waals surface area contributed by atoms with Gasteiger partial charge < -0.3 is 5.73 Å². The summed E-state index contributed by atoms with van der Waals surface area (Å²) in [6.45, 7) is 5.88. The standard InChI is InChI=1S/C9H12N4/c1-5-4-11-9-6(2)7(3)12-13(9)8(5)10/h4H,10H2,1-3H3. The molecule has 4 nitrogen and oxygen atoms in total. The molecule has 0 spiro atoms. The second kappa shape index (κ2) is 2.45. The minimum Gasteiger partial charge on any atom is -0.383 e. The minimum absolute atomic E-state index is 0.668. The van der Waals surface area contributed by atoms with E-state index in [1.165, 1.54) is 0 Å². The van der Waals surface area contributed by atoms with Crippen molar-refractivity contribution in [1.82, 2.24) is 14.6 Å². The summed E-state index contributed by atoms with van der Waals surface area (Å²) in [4.78, 5) is 4.28. The van der Waals surface area contributed by atoms with Crippen LogP contribution in [0.1, 0.15) is 16.8 Å². The molecule has 2 aromatic rings. The molecule has 13 heavy (non-hydrogen) atoms. The maximum Gasteiger partial charge on any atom is 0.160 e. The highest BCUT2D eigenvalue weighted by Gasteiger charge is 2.08. The van der Waals surface area contributed by atoms with Gasteiger partial charge in [-0.05, 0) is 20.8 Å². The lowest BCUT2D eigenvalue weighted by Gasteiger charge is -2.01. The molecular weight excluding hydrogens is 164 g/mol. The van der Waals surface area contributed by atoms with Crippen LogP contribution in [0.25, 0.3) is 5.65 Å². The number of hydrogen-bond acceptors (Lipinski definition) is 3. The molecule has 2 N–H and O–H groups in total. The van der Waals surface area contributed by atoms with Gasteiger partial charge in [-0.15, -0.1) is 0 Å². The van der Waals surface area contributed by atoms with Crippen LogP contribution in [0.4, 0.5) is 5.82 Å². The molecule has 0 radical (unpaired) electrons. The second-order valence-electron chi connectivity index (χ2n) is 3.27. The molecule has 2 aromatic heterocycles. The van der Waals surface area contributed by atoms with Crippen LogP contribution in [0.2, 0.25) is 0 Å². The van der Waals surface area contributed by atoms with E-state index in [0.29, 0.717) is 5.82 Å². The van der Waals surface area contributed by atoms with Gasteiger partial charge in [0.25, 0.3) is 0 Å². The number of nitrogen functional groups attached to an aromatic ring is 1. The van der Waals surface area contributed by atoms with Crippen LogP contribution in [-0.4, -0.2) is 14.6 Å². The van der Waals surface area contributed by atoms with Crippen molar-refractivity contribution in [2.75, 3.05) is 5.73 Å². The van der Waals surface area contributed by atoms with Gasteiger partial charge in [0.05, 0.1) is 5.69 Å². The summed E-state index contributed by atoms with van der Waals surface area (Å²) in [5, 5.41) is 4.30. The average Bonchev–Trinajstić information content (AvgIpc) is 2.38. The first-order valence-corrected chi connectivity index (χ1v) is 4.18. The van der Waals surface area contributed by atoms with Crippen LogP contribution in [0.15, 0.2) is 6.20 Å². The fourth-order valence-electron chi connectivity index (χ4n) is 1.30. The maximum absolute atomic E-state index is 5.86. The molecule has 2 rings (SSSR count). The third-order valence-corrected chi connectivity index (χ3v) is 2.34. The van der Waals surface area contributed by atoms with Gasteiger partial charge in [-0.3, -0.25) is 0 Å². The number of fused-ring (bicyclic) bond motifs is 1. The van der Waals surface area contributed by atoms with E-state index in [-0.39, 0.29) is 0 Å². The SMILES string of the molecule is Cc1cnc2c(C)c(C)nn2c1N. The summed E-state index contributed by atoms with van der Waals surface area (Å²) in [5.74, 6) is 0.668. The molecule has 0 fully saturated rings. The molecular formula is C9H12N4. The zero-order valence-electron chi connectivity index (χ0n) is 8.00. The largest absolute Gasteiger partial charge is 0.383 e. The molecule has 0 amide bonds. The Hall–Kier alpha value is -1.58. The Balaban J connectivity index is 2.94. The van der Waals surface area contributed by atoms with Crippen molar-refractivity contribution in [3.63, 3.8) is 0 Å². The molecule has 0 atom stereocenters. The number of nitrogens with zero attached hydrogens (tertiary/aromatic N) is 3. The van der Waals surface area contributed by atoms with Gasteiger partial charge in [-0.2, -0.15) is 9.61 Å². The first kappa shape index (κ1) is 8.04. The Kier molecular flexibility index (Phi) is 1.52. The summed E-state index contributed by atoms with van der Waals surface area (Å²) in [6, 6.07) is 0. The molecule has 0 aromatic carbocycles. The van der Waals surface area contributed by atoms with Crippen molar-refractivity contribution in [3.05, 3.63) is 23.0 Å². The molecule has 0 aliphatic carbocycles. The van der Waals surface area contributed by atoms with Crippen molar-refractivity contribution in [3.8, 4) is 0 Å². The predicted molar refractivity (Wildman–Crippen MR) is 51.6 cm³/mol. The first-order chi connectivity index (χ1) is 6.11. The highest BCUT2D eigenvalue weighted by molar-refractivity contribution is 5.55. The van der Waals surface area contributed by atoms with Crippen LogP contribution in [-0.2, 0) is 0 Å². The van der Waals surface area contributed by atoms with Gasteiger partial charge in [0.15, 0.2) is 5.65 Å². The number of rotatable bonds is 0. The van der Waals surface area contributed by atoms with Gasteiger partial charge in [0.1, 0.15) is 5.82 Å². The van der Waals surface area contributed by atoms with Crippen LogP contribution >= 0.6 is 0 Å². The number of aromatic nitrogens is 3. The average molecular weight is 176 g/mol. The third-order valence-electron chi connectivity index (χ3n) is 2.34. The zero-order chi connectivity index (χ0) is 9.59. The van der Waals surface area contributed by atoms with Crippen molar-refractivity contribution in [2.24, 2.45) is 0 Å². The smallest absolute Gasteiger partial charge is 0.160 e. The molecule has 0 bridgehead atoms. The topological polar surface area (TPSA) is 56.2 Å². The predicted octanol–water partition coefficient (Wildman–Crippen LogP) is 1.24. The molecule has 0 aliphatic rings. The molecule has 2 heterocycles. The van der Waals surface area contributed by atoms with Crippen molar-refractivity contribution >= 4 is 11.5 Å². The maximum atomic E-state index is 5.86. The van der Waals surface area contributed by atoms with E-state index in [4.69, 9.17) is 5.73 Å². The summed E-state index contributed by atoms with van der Waals surface area (Å²) in [7, 11) is 0. The van der Waals surface area contributed by atoms with Crippen LogP contribution in [0.5, 0.6) is 0 Å². The van der Waals surface area contributed by atoms with Crippen molar-refractivity contribution in [2.45, 2.75) is 20.8 Å². The van der Waals surface area contributed by atoms with Crippen LogP contribution in [0, 0.1) is 20.8 Å². The van der Waals surface area contributed by atoms with E-state index in [2.05, 4.69) is 10.1 Å². The summed E-state index contributed by atoms with van der Waals surface area (Å²) < 4.78 is 1.69. The molecule has 0 aliphatic heterocycles. The summed E-state index contributed by atoms with van der Waals surface area (Å²) >= 11 is 0. The Morgan fingerprint density at radius 3 is 2.69 bits per heavy atom. The highest BCUT2D eigenvalue weighted by Crippen LogP contribution is 2.16. The third kappa shape index (κ3) is 0.983. The van der Waals surface area contributed by atoms with Gasteiger partial charge >= 0.3 is 0 Å². The molecule has 68 valence electrons. The van der Waals surface area contributed by atoms with Crippen LogP contribution in [0.3, 0.4) is 0 Å². The number of hydrogen-bond donors (Lipinski definition) is 1. The minimum atomic E-state index is 0.668. The van der Waals surface area contributed by atoms with Gasteiger partial charge in [-0.25, -0.2) is 4.98 Å². The van der Waals surface area contributed by atoms with Gasteiger partial charge in [0, 0.05) is 17.3 Å². The summed E-state index contributed by atoms with van der Waals surface area (Å²) in [6.07, 6.45) is 1.78. The van der Waals surface area contributed by atoms with E-state index in [9.17, 15) is 0 Å². The summed E-state index contributed by atoms with van der Waals surface area (Å²) in [5.41, 5.74) is 9.73. The van der Waals surface area contributed by atoms with E-state index in [1.54, 1.807) is 10.7 Å². The van der Waals surface area contributed by atoms with Gasteiger partial charge in [0.2, 0.25) is 0 Å². The van der Waals surface area contributed by atoms with E-state index >= 15 is 0 Å². The van der Waals surface area contributed by atoms with Crippen LogP contribution < -0.4 is 5.73 Å². The monoisotopic (exact) mass is 176 g/mol. The Bertz CT molecular complexity index is 470. The molecule has 0 unspecified atom stereocenters. The van der Waals surface area contributed by atoms with E-state index < -0.39 is 0 Å². The van der Waals surface area contributed by atoms with Crippen molar-refractivity contribution < 1.29 is 0 Å². The normalized spacial score (nSPS) is 11.0. The molecule has 0 saturated carbocycles. The molecule has 0 saturated heterocycles. The zero-order valence-corrected chi connectivity index (χ0v) is 8.00. The lowest BCUT2D eigenvalue weighted by Crippen LogP contribution is -2.02. The van der Waals surface area contributed by atoms with E-state index in [0.717, 1.165) is 22.5 Å². The fourth-order valence-corrected chi connectivity index (χ4v) is 1.30. The number of aryl methyl sites for hydroxylation is 3. The highest BCUT2D eigenvalue weighted by atomic mass is 15.3. The Labute approximate surface area is 76.4 Å². The van der Waals surface area contributed by atoms with Gasteiger partial charge in [-0.1, -0.05) is 0 Å². The van der Waals surface area contributed by atoms with Crippen molar-refractivity contribution in [1.29, 1.82) is 0 Å². The number of nitrogens with two attached hydrogens (primary N) is 1. The Morgan fingerprint density at radius 2 is 2.00 bits per heavy atom. The first-order valence-electron chi connectivity index (χ1n) is 4.18. The number of anilines is 1. The molecule has 4 heteroatoms. The lowest BCUT2D eigenvalue weighted by molar-refractivity contribution is 0.920. The van der Waals surface area contributed by atoms with E-state index in [1.807, 2.05) is 20.8 Å². The second-order valence-corrected chi connectivity index (χ2v) is 3.27. The Morgan fingerprint density at radius 1 is 1.31 bits per heavy atom. The lowest BCUT2D eigenvalue weighted by atomic mass is 10.3. The fraction of sp³-hybridized carbons (Fsp3) is 0.333.